The topological polar surface area (TPSA) is 105 Å². The molecule has 0 spiro atoms. The standard InChI is InChI=1S/C24H30N6O3/c1-15-11-16(2)13-19(12-15)30-21(14-17(3)28-30)26-22(31)6-5-20-18(4)25-24(27-23(20)32)29-7-9-33-10-8-29/h11-14H,5-10H2,1-4H3,(H,26,31)(H,25,27,32). The van der Waals surface area contributed by atoms with Gasteiger partial charge in [0.05, 0.1) is 24.6 Å². The molecule has 4 rings (SSSR count). The molecule has 174 valence electrons. The number of amides is 1. The van der Waals surface area contributed by atoms with E-state index in [-0.39, 0.29) is 17.9 Å². The normalized spacial score (nSPS) is 13.9. The van der Waals surface area contributed by atoms with Crippen molar-refractivity contribution in [1.29, 1.82) is 0 Å². The van der Waals surface area contributed by atoms with Crippen molar-refractivity contribution in [2.24, 2.45) is 0 Å². The minimum atomic E-state index is -0.201. The number of carbonyl (C=O) groups excluding carboxylic acids is 1. The van der Waals surface area contributed by atoms with Crippen molar-refractivity contribution in [2.75, 3.05) is 36.5 Å². The summed E-state index contributed by atoms with van der Waals surface area (Å²) in [6.45, 7) is 10.4. The lowest BCUT2D eigenvalue weighted by Crippen LogP contribution is -2.38. The zero-order valence-electron chi connectivity index (χ0n) is 19.6. The van der Waals surface area contributed by atoms with Gasteiger partial charge in [0, 0.05) is 36.8 Å². The van der Waals surface area contributed by atoms with Crippen molar-refractivity contribution in [3.8, 4) is 5.69 Å². The van der Waals surface area contributed by atoms with Crippen LogP contribution in [-0.4, -0.2) is 52.0 Å². The number of nitrogens with one attached hydrogen (secondary N) is 2. The fraction of sp³-hybridized carbons (Fsp3) is 0.417. The highest BCUT2D eigenvalue weighted by atomic mass is 16.5. The Morgan fingerprint density at radius 1 is 1.09 bits per heavy atom. The highest BCUT2D eigenvalue weighted by molar-refractivity contribution is 5.90. The third-order valence-electron chi connectivity index (χ3n) is 5.67. The van der Waals surface area contributed by atoms with Gasteiger partial charge in [-0.1, -0.05) is 6.07 Å². The first-order valence-corrected chi connectivity index (χ1v) is 11.2. The number of ether oxygens (including phenoxy) is 1. The molecule has 0 bridgehead atoms. The highest BCUT2D eigenvalue weighted by Gasteiger charge is 2.17. The summed E-state index contributed by atoms with van der Waals surface area (Å²) in [7, 11) is 0. The van der Waals surface area contributed by atoms with Crippen LogP contribution in [0.4, 0.5) is 11.8 Å². The summed E-state index contributed by atoms with van der Waals surface area (Å²) >= 11 is 0. The number of anilines is 2. The third-order valence-corrected chi connectivity index (χ3v) is 5.67. The molecule has 1 aliphatic rings. The van der Waals surface area contributed by atoms with Gasteiger partial charge in [-0.2, -0.15) is 5.10 Å². The second-order valence-corrected chi connectivity index (χ2v) is 8.53. The van der Waals surface area contributed by atoms with Crippen molar-refractivity contribution in [1.82, 2.24) is 19.7 Å². The quantitative estimate of drug-likeness (QED) is 0.598. The summed E-state index contributed by atoms with van der Waals surface area (Å²) in [5.41, 5.74) is 4.92. The summed E-state index contributed by atoms with van der Waals surface area (Å²) in [4.78, 5) is 34.9. The minimum Gasteiger partial charge on any atom is -0.378 e. The van der Waals surface area contributed by atoms with Crippen LogP contribution in [0.1, 0.15) is 34.5 Å². The van der Waals surface area contributed by atoms with E-state index in [1.54, 1.807) is 4.68 Å². The minimum absolute atomic E-state index is 0.166. The largest absolute Gasteiger partial charge is 0.378 e. The van der Waals surface area contributed by atoms with Gasteiger partial charge in [-0.15, -0.1) is 0 Å². The van der Waals surface area contributed by atoms with E-state index < -0.39 is 0 Å². The van der Waals surface area contributed by atoms with Gasteiger partial charge in [0.25, 0.3) is 5.56 Å². The second kappa shape index (κ2) is 9.58. The molecular formula is C24H30N6O3. The van der Waals surface area contributed by atoms with Gasteiger partial charge in [0.1, 0.15) is 5.82 Å². The molecule has 2 aromatic heterocycles. The van der Waals surface area contributed by atoms with E-state index in [1.807, 2.05) is 50.8 Å². The molecule has 1 aliphatic heterocycles. The second-order valence-electron chi connectivity index (χ2n) is 8.53. The Labute approximate surface area is 192 Å². The molecule has 1 amide bonds. The van der Waals surface area contributed by atoms with Crippen LogP contribution in [0.2, 0.25) is 0 Å². The molecule has 1 aromatic carbocycles. The number of carbonyl (C=O) groups is 1. The van der Waals surface area contributed by atoms with E-state index in [2.05, 4.69) is 26.4 Å². The van der Waals surface area contributed by atoms with Crippen LogP contribution in [0.25, 0.3) is 5.69 Å². The lowest BCUT2D eigenvalue weighted by atomic mass is 10.1. The number of aryl methyl sites for hydroxylation is 4. The van der Waals surface area contributed by atoms with Gasteiger partial charge in [-0.05, 0) is 57.4 Å². The maximum Gasteiger partial charge on any atom is 0.255 e. The van der Waals surface area contributed by atoms with E-state index >= 15 is 0 Å². The zero-order chi connectivity index (χ0) is 23.5. The smallest absolute Gasteiger partial charge is 0.255 e. The SMILES string of the molecule is Cc1cc(C)cc(-n2nc(C)cc2NC(=O)CCc2c(C)nc(N3CCOCC3)[nH]c2=O)c1. The van der Waals surface area contributed by atoms with Crippen LogP contribution >= 0.6 is 0 Å². The number of morpholine rings is 1. The van der Waals surface area contributed by atoms with Crippen molar-refractivity contribution in [3.05, 3.63) is 62.7 Å². The molecule has 33 heavy (non-hydrogen) atoms. The van der Waals surface area contributed by atoms with Gasteiger partial charge in [0.2, 0.25) is 11.9 Å². The molecular weight excluding hydrogens is 420 g/mol. The highest BCUT2D eigenvalue weighted by Crippen LogP contribution is 2.20. The number of nitrogens with zero attached hydrogens (tertiary/aromatic N) is 4. The Balaban J connectivity index is 1.46. The molecule has 0 unspecified atom stereocenters. The monoisotopic (exact) mass is 450 g/mol. The van der Waals surface area contributed by atoms with Gasteiger partial charge in [0.15, 0.2) is 0 Å². The molecule has 2 N–H and O–H groups in total. The first-order chi connectivity index (χ1) is 15.8. The van der Waals surface area contributed by atoms with Crippen molar-refractivity contribution in [2.45, 2.75) is 40.5 Å². The average Bonchev–Trinajstić information content (AvgIpc) is 3.13. The Kier molecular flexibility index (Phi) is 6.60. The average molecular weight is 451 g/mol. The fourth-order valence-electron chi connectivity index (χ4n) is 4.12. The van der Waals surface area contributed by atoms with Crippen molar-refractivity contribution < 1.29 is 9.53 Å². The number of H-pyrrole nitrogens is 1. The Bertz CT molecular complexity index is 1200. The van der Waals surface area contributed by atoms with Gasteiger partial charge >= 0.3 is 0 Å². The molecule has 0 radical (unpaired) electrons. The number of benzene rings is 1. The van der Waals surface area contributed by atoms with Crippen molar-refractivity contribution in [3.63, 3.8) is 0 Å². The Morgan fingerprint density at radius 3 is 2.45 bits per heavy atom. The van der Waals surface area contributed by atoms with E-state index in [9.17, 15) is 9.59 Å². The Morgan fingerprint density at radius 2 is 1.79 bits per heavy atom. The van der Waals surface area contributed by atoms with Crippen LogP contribution in [0.5, 0.6) is 0 Å². The van der Waals surface area contributed by atoms with Crippen LogP contribution in [0, 0.1) is 27.7 Å². The number of hydrogen-bond donors (Lipinski definition) is 2. The molecule has 1 fully saturated rings. The van der Waals surface area contributed by atoms with E-state index in [4.69, 9.17) is 4.74 Å². The number of rotatable bonds is 6. The first-order valence-electron chi connectivity index (χ1n) is 11.2. The van der Waals surface area contributed by atoms with Crippen LogP contribution < -0.4 is 15.8 Å². The van der Waals surface area contributed by atoms with Gasteiger partial charge in [-0.3, -0.25) is 14.6 Å². The maximum atomic E-state index is 12.7. The summed E-state index contributed by atoms with van der Waals surface area (Å²) in [5, 5.41) is 7.49. The fourth-order valence-corrected chi connectivity index (χ4v) is 4.12. The molecule has 3 heterocycles. The summed E-state index contributed by atoms with van der Waals surface area (Å²) in [6.07, 6.45) is 0.472. The van der Waals surface area contributed by atoms with Crippen LogP contribution in [0.15, 0.2) is 29.1 Å². The van der Waals surface area contributed by atoms with E-state index in [0.29, 0.717) is 55.7 Å². The zero-order valence-corrected chi connectivity index (χ0v) is 19.6. The predicted octanol–water partition coefficient (Wildman–Crippen LogP) is 2.60. The number of hydrogen-bond acceptors (Lipinski definition) is 6. The molecule has 0 atom stereocenters. The number of aromatic amines is 1. The van der Waals surface area contributed by atoms with Gasteiger partial charge < -0.3 is 15.0 Å². The molecule has 0 saturated carbocycles. The van der Waals surface area contributed by atoms with Crippen LogP contribution in [0.3, 0.4) is 0 Å². The van der Waals surface area contributed by atoms with Crippen molar-refractivity contribution >= 4 is 17.7 Å². The summed E-state index contributed by atoms with van der Waals surface area (Å²) in [6, 6.07) is 7.99. The predicted molar refractivity (Wildman–Crippen MR) is 127 cm³/mol. The number of aromatic nitrogens is 4. The van der Waals surface area contributed by atoms with E-state index in [0.717, 1.165) is 22.5 Å². The molecule has 0 aliphatic carbocycles. The molecule has 9 heteroatoms. The van der Waals surface area contributed by atoms with E-state index in [1.165, 1.54) is 0 Å². The molecule has 1 saturated heterocycles. The third kappa shape index (κ3) is 5.31. The Hall–Kier alpha value is -3.46. The lowest BCUT2D eigenvalue weighted by molar-refractivity contribution is -0.116. The molecule has 9 nitrogen and oxygen atoms in total. The maximum absolute atomic E-state index is 12.7. The molecule has 3 aromatic rings. The summed E-state index contributed by atoms with van der Waals surface area (Å²) < 4.78 is 7.10. The first kappa shape index (κ1) is 22.7. The van der Waals surface area contributed by atoms with Crippen LogP contribution in [-0.2, 0) is 16.0 Å². The van der Waals surface area contributed by atoms with Gasteiger partial charge in [-0.25, -0.2) is 9.67 Å². The lowest BCUT2D eigenvalue weighted by Gasteiger charge is -2.27. The summed E-state index contributed by atoms with van der Waals surface area (Å²) in [5.74, 6) is 0.979.